The smallest absolute Gasteiger partial charge is 0.222 e. The van der Waals surface area contributed by atoms with E-state index in [-0.39, 0.29) is 5.28 Å². The molecule has 14 heavy (non-hydrogen) atoms. The average molecular weight is 210 g/mol. The molecule has 0 atom stereocenters. The lowest BCUT2D eigenvalue weighted by molar-refractivity contribution is 0.781. The van der Waals surface area contributed by atoms with Crippen LogP contribution in [0.5, 0.6) is 0 Å². The molecule has 2 heterocycles. The Hall–Kier alpha value is -1.62. The number of halogens is 1. The second-order valence-corrected chi connectivity index (χ2v) is 3.13. The first kappa shape index (κ1) is 8.96. The molecule has 0 aromatic carbocycles. The van der Waals surface area contributed by atoms with E-state index >= 15 is 0 Å². The summed E-state index contributed by atoms with van der Waals surface area (Å²) in [7, 11) is 1.77. The average Bonchev–Trinajstić information content (AvgIpc) is 2.47. The number of rotatable bonds is 1. The maximum absolute atomic E-state index is 5.65. The number of hydrogen-bond donors (Lipinski definition) is 1. The van der Waals surface area contributed by atoms with Crippen molar-refractivity contribution in [1.29, 1.82) is 0 Å². The highest BCUT2D eigenvalue weighted by atomic mass is 35.5. The molecule has 0 unspecified atom stereocenters. The Morgan fingerprint density at radius 2 is 2.21 bits per heavy atom. The quantitative estimate of drug-likeness (QED) is 0.715. The second kappa shape index (κ2) is 3.26. The SMILES string of the molecule is Cn1nc(-c2ccnc(Cl)n2)cc1N. The minimum absolute atomic E-state index is 0.201. The lowest BCUT2D eigenvalue weighted by Crippen LogP contribution is -1.96. The molecule has 0 aliphatic rings. The van der Waals surface area contributed by atoms with E-state index < -0.39 is 0 Å². The first-order valence-electron chi connectivity index (χ1n) is 3.95. The van der Waals surface area contributed by atoms with E-state index in [9.17, 15) is 0 Å². The summed E-state index contributed by atoms with van der Waals surface area (Å²) in [5.41, 5.74) is 6.99. The predicted octanol–water partition coefficient (Wildman–Crippen LogP) is 1.11. The highest BCUT2D eigenvalue weighted by Gasteiger charge is 2.06. The van der Waals surface area contributed by atoms with Crippen LogP contribution in [0, 0.1) is 0 Å². The van der Waals surface area contributed by atoms with E-state index in [2.05, 4.69) is 15.1 Å². The zero-order valence-corrected chi connectivity index (χ0v) is 8.23. The van der Waals surface area contributed by atoms with E-state index in [1.165, 1.54) is 0 Å². The fourth-order valence-corrected chi connectivity index (χ4v) is 1.23. The van der Waals surface area contributed by atoms with E-state index in [0.717, 1.165) is 0 Å². The van der Waals surface area contributed by atoms with Gasteiger partial charge in [-0.3, -0.25) is 4.68 Å². The summed E-state index contributed by atoms with van der Waals surface area (Å²) in [6.07, 6.45) is 1.58. The summed E-state index contributed by atoms with van der Waals surface area (Å²) in [5, 5.41) is 4.36. The van der Waals surface area contributed by atoms with Gasteiger partial charge in [-0.05, 0) is 17.7 Å². The Balaban J connectivity index is 2.49. The van der Waals surface area contributed by atoms with Crippen molar-refractivity contribution in [1.82, 2.24) is 19.7 Å². The van der Waals surface area contributed by atoms with Crippen molar-refractivity contribution in [2.24, 2.45) is 7.05 Å². The van der Waals surface area contributed by atoms with Crippen LogP contribution in [0.15, 0.2) is 18.3 Å². The van der Waals surface area contributed by atoms with Gasteiger partial charge in [-0.15, -0.1) is 0 Å². The number of aryl methyl sites for hydroxylation is 1. The standard InChI is InChI=1S/C8H8ClN5/c1-14-7(10)4-6(13-14)5-2-3-11-8(9)12-5/h2-4H,10H2,1H3. The van der Waals surface area contributed by atoms with E-state index in [1.807, 2.05) is 0 Å². The number of nitrogen functional groups attached to an aromatic ring is 1. The molecule has 0 radical (unpaired) electrons. The number of aromatic nitrogens is 4. The van der Waals surface area contributed by atoms with Gasteiger partial charge in [0, 0.05) is 19.3 Å². The highest BCUT2D eigenvalue weighted by Crippen LogP contribution is 2.17. The number of nitrogens with zero attached hydrogens (tertiary/aromatic N) is 4. The van der Waals surface area contributed by atoms with Crippen molar-refractivity contribution < 1.29 is 0 Å². The molecule has 0 saturated carbocycles. The molecule has 0 bridgehead atoms. The first-order chi connectivity index (χ1) is 6.66. The van der Waals surface area contributed by atoms with Gasteiger partial charge >= 0.3 is 0 Å². The third kappa shape index (κ3) is 1.54. The Kier molecular flexibility index (Phi) is 2.09. The normalized spacial score (nSPS) is 10.4. The molecule has 2 aromatic heterocycles. The van der Waals surface area contributed by atoms with E-state index in [0.29, 0.717) is 17.2 Å². The summed E-state index contributed by atoms with van der Waals surface area (Å²) in [6.45, 7) is 0. The number of anilines is 1. The number of hydrogen-bond acceptors (Lipinski definition) is 4. The molecule has 2 rings (SSSR count). The maximum atomic E-state index is 5.65. The zero-order valence-electron chi connectivity index (χ0n) is 7.48. The summed E-state index contributed by atoms with van der Waals surface area (Å²) in [6, 6.07) is 3.46. The highest BCUT2D eigenvalue weighted by molar-refractivity contribution is 6.28. The van der Waals surface area contributed by atoms with Crippen molar-refractivity contribution in [3.8, 4) is 11.4 Å². The van der Waals surface area contributed by atoms with Crippen molar-refractivity contribution in [3.63, 3.8) is 0 Å². The molecule has 0 aliphatic heterocycles. The second-order valence-electron chi connectivity index (χ2n) is 2.79. The van der Waals surface area contributed by atoms with Gasteiger partial charge in [0.15, 0.2) is 0 Å². The molecule has 2 N–H and O–H groups in total. The molecule has 6 heteroatoms. The summed E-state index contributed by atoms with van der Waals surface area (Å²) in [4.78, 5) is 7.80. The zero-order chi connectivity index (χ0) is 10.1. The molecule has 0 amide bonds. The van der Waals surface area contributed by atoms with Crippen molar-refractivity contribution >= 4 is 17.4 Å². The van der Waals surface area contributed by atoms with Crippen LogP contribution in [-0.2, 0) is 7.05 Å². The Morgan fingerprint density at radius 3 is 2.79 bits per heavy atom. The van der Waals surface area contributed by atoms with Crippen LogP contribution < -0.4 is 5.73 Å². The number of nitrogens with two attached hydrogens (primary N) is 1. The Morgan fingerprint density at radius 1 is 1.43 bits per heavy atom. The fraction of sp³-hybridized carbons (Fsp3) is 0.125. The van der Waals surface area contributed by atoms with Gasteiger partial charge in [0.2, 0.25) is 5.28 Å². The Bertz CT molecular complexity index is 445. The monoisotopic (exact) mass is 209 g/mol. The van der Waals surface area contributed by atoms with Crippen LogP contribution in [0.3, 0.4) is 0 Å². The van der Waals surface area contributed by atoms with Crippen molar-refractivity contribution in [2.45, 2.75) is 0 Å². The molecule has 0 fully saturated rings. The van der Waals surface area contributed by atoms with Crippen molar-refractivity contribution in [3.05, 3.63) is 23.6 Å². The van der Waals surface area contributed by atoms with Crippen molar-refractivity contribution in [2.75, 3.05) is 5.73 Å². The van der Waals surface area contributed by atoms with Gasteiger partial charge in [-0.1, -0.05) is 0 Å². The molecule has 72 valence electrons. The lowest BCUT2D eigenvalue weighted by Gasteiger charge is -1.94. The first-order valence-corrected chi connectivity index (χ1v) is 4.33. The summed E-state index contributed by atoms with van der Waals surface area (Å²) < 4.78 is 1.57. The third-order valence-corrected chi connectivity index (χ3v) is 1.99. The third-order valence-electron chi connectivity index (χ3n) is 1.80. The minimum atomic E-state index is 0.201. The topological polar surface area (TPSA) is 69.6 Å². The van der Waals surface area contributed by atoms with Gasteiger partial charge in [0.25, 0.3) is 0 Å². The predicted molar refractivity (Wildman–Crippen MR) is 53.7 cm³/mol. The summed E-state index contributed by atoms with van der Waals surface area (Å²) >= 11 is 5.65. The van der Waals surface area contributed by atoms with Gasteiger partial charge in [0.05, 0.1) is 5.69 Å². The fourth-order valence-electron chi connectivity index (χ4n) is 1.08. The van der Waals surface area contributed by atoms with Gasteiger partial charge in [-0.2, -0.15) is 5.10 Å². The van der Waals surface area contributed by atoms with Crippen LogP contribution in [0.1, 0.15) is 0 Å². The Labute approximate surface area is 85.5 Å². The van der Waals surface area contributed by atoms with Crippen LogP contribution in [0.4, 0.5) is 5.82 Å². The van der Waals surface area contributed by atoms with Crippen LogP contribution in [0.25, 0.3) is 11.4 Å². The van der Waals surface area contributed by atoms with Gasteiger partial charge < -0.3 is 5.73 Å². The lowest BCUT2D eigenvalue weighted by atomic mass is 10.3. The van der Waals surface area contributed by atoms with E-state index in [4.69, 9.17) is 17.3 Å². The molecular formula is C8H8ClN5. The maximum Gasteiger partial charge on any atom is 0.222 e. The largest absolute Gasteiger partial charge is 0.384 e. The molecule has 0 aliphatic carbocycles. The minimum Gasteiger partial charge on any atom is -0.384 e. The van der Waals surface area contributed by atoms with Crippen LogP contribution >= 0.6 is 11.6 Å². The van der Waals surface area contributed by atoms with Crippen LogP contribution in [0.2, 0.25) is 5.28 Å². The molecule has 2 aromatic rings. The van der Waals surface area contributed by atoms with E-state index in [1.54, 1.807) is 30.1 Å². The van der Waals surface area contributed by atoms with Gasteiger partial charge in [0.1, 0.15) is 11.5 Å². The summed E-state index contributed by atoms with van der Waals surface area (Å²) in [5.74, 6) is 0.578. The molecular weight excluding hydrogens is 202 g/mol. The van der Waals surface area contributed by atoms with Crippen LogP contribution in [-0.4, -0.2) is 19.7 Å². The van der Waals surface area contributed by atoms with Gasteiger partial charge in [-0.25, -0.2) is 9.97 Å². The molecule has 0 spiro atoms. The molecule has 0 saturated heterocycles. The molecule has 5 nitrogen and oxygen atoms in total.